The monoisotopic (exact) mass is 291 g/mol. The molecule has 0 bridgehead atoms. The number of benzene rings is 1. The summed E-state index contributed by atoms with van der Waals surface area (Å²) in [5.74, 6) is -0.311. The Morgan fingerprint density at radius 3 is 3.05 bits per heavy atom. The van der Waals surface area contributed by atoms with E-state index in [1.807, 2.05) is 11.8 Å². The number of likely N-dealkylation sites (tertiary alicyclic amines) is 1. The van der Waals surface area contributed by atoms with E-state index >= 15 is 0 Å². The average molecular weight is 291 g/mol. The van der Waals surface area contributed by atoms with Crippen LogP contribution in [0.3, 0.4) is 0 Å². The van der Waals surface area contributed by atoms with Crippen LogP contribution in [0.4, 0.5) is 0 Å². The molecule has 1 fully saturated rings. The van der Waals surface area contributed by atoms with Crippen LogP contribution in [-0.2, 0) is 11.2 Å². The minimum absolute atomic E-state index is 0.328. The molecule has 1 aromatic carbocycles. The molecule has 2 aliphatic rings. The molecule has 2 atom stereocenters. The standard InChI is InChI=1S/C16H21NO2S/c18-16(19)8-12-4-3-7-17(10-12)11-14-9-13-5-1-2-6-15(13)20-14/h1-2,5-6,12,14H,3-4,7-11H2,(H,18,19). The minimum Gasteiger partial charge on any atom is -0.481 e. The average Bonchev–Trinajstić information content (AvgIpc) is 2.80. The zero-order valence-corrected chi connectivity index (χ0v) is 12.4. The van der Waals surface area contributed by atoms with Crippen molar-refractivity contribution in [2.45, 2.75) is 35.8 Å². The zero-order chi connectivity index (χ0) is 13.9. The highest BCUT2D eigenvalue weighted by atomic mass is 32.2. The van der Waals surface area contributed by atoms with Crippen LogP contribution in [0.15, 0.2) is 29.2 Å². The van der Waals surface area contributed by atoms with E-state index in [2.05, 4.69) is 29.2 Å². The van der Waals surface area contributed by atoms with Gasteiger partial charge in [0.05, 0.1) is 0 Å². The number of thioether (sulfide) groups is 1. The highest BCUT2D eigenvalue weighted by Gasteiger charge is 2.27. The first-order valence-electron chi connectivity index (χ1n) is 7.39. The second-order valence-corrected chi connectivity index (χ2v) is 7.26. The van der Waals surface area contributed by atoms with E-state index in [0.29, 0.717) is 17.6 Å². The van der Waals surface area contributed by atoms with E-state index in [9.17, 15) is 4.79 Å². The summed E-state index contributed by atoms with van der Waals surface area (Å²) >= 11 is 1.99. The third-order valence-electron chi connectivity index (χ3n) is 4.24. The van der Waals surface area contributed by atoms with Crippen LogP contribution in [0.1, 0.15) is 24.8 Å². The molecule has 2 unspecified atom stereocenters. The molecule has 20 heavy (non-hydrogen) atoms. The van der Waals surface area contributed by atoms with Crippen molar-refractivity contribution in [3.8, 4) is 0 Å². The Morgan fingerprint density at radius 1 is 1.40 bits per heavy atom. The lowest BCUT2D eigenvalue weighted by atomic mass is 9.94. The fourth-order valence-electron chi connectivity index (χ4n) is 3.37. The predicted molar refractivity (Wildman–Crippen MR) is 81.2 cm³/mol. The fourth-order valence-corrected chi connectivity index (χ4v) is 4.74. The third-order valence-corrected chi connectivity index (χ3v) is 5.54. The Labute approximate surface area is 124 Å². The maximum Gasteiger partial charge on any atom is 0.303 e. The van der Waals surface area contributed by atoms with Crippen LogP contribution in [0, 0.1) is 5.92 Å². The SMILES string of the molecule is O=C(O)CC1CCCN(CC2Cc3ccccc3S2)C1. The van der Waals surface area contributed by atoms with Crippen LogP contribution in [0.25, 0.3) is 0 Å². The molecular weight excluding hydrogens is 270 g/mol. The van der Waals surface area contributed by atoms with Gasteiger partial charge in [-0.25, -0.2) is 0 Å². The van der Waals surface area contributed by atoms with Gasteiger partial charge in [-0.2, -0.15) is 0 Å². The number of nitrogens with zero attached hydrogens (tertiary/aromatic N) is 1. The second-order valence-electron chi connectivity index (χ2n) is 5.92. The van der Waals surface area contributed by atoms with E-state index in [-0.39, 0.29) is 0 Å². The summed E-state index contributed by atoms with van der Waals surface area (Å²) in [7, 11) is 0. The third kappa shape index (κ3) is 3.36. The van der Waals surface area contributed by atoms with Gasteiger partial charge in [0.1, 0.15) is 0 Å². The molecule has 2 heterocycles. The van der Waals surface area contributed by atoms with Gasteiger partial charge >= 0.3 is 5.97 Å². The van der Waals surface area contributed by atoms with Gasteiger partial charge in [-0.3, -0.25) is 4.79 Å². The van der Waals surface area contributed by atoms with Gasteiger partial charge in [0.25, 0.3) is 0 Å². The molecule has 0 aromatic heterocycles. The smallest absolute Gasteiger partial charge is 0.303 e. The van der Waals surface area contributed by atoms with Gasteiger partial charge in [-0.1, -0.05) is 18.2 Å². The van der Waals surface area contributed by atoms with Gasteiger partial charge in [0.15, 0.2) is 0 Å². The molecule has 0 saturated carbocycles. The first kappa shape index (κ1) is 14.0. The summed E-state index contributed by atoms with van der Waals surface area (Å²) in [4.78, 5) is 14.7. The lowest BCUT2D eigenvalue weighted by Crippen LogP contribution is -2.40. The molecule has 2 aliphatic heterocycles. The predicted octanol–water partition coefficient (Wildman–Crippen LogP) is 2.89. The topological polar surface area (TPSA) is 40.5 Å². The Bertz CT molecular complexity index is 466. The lowest BCUT2D eigenvalue weighted by molar-refractivity contribution is -0.138. The van der Waals surface area contributed by atoms with Crippen LogP contribution >= 0.6 is 11.8 Å². The number of fused-ring (bicyclic) bond motifs is 1. The van der Waals surface area contributed by atoms with Gasteiger partial charge in [0, 0.05) is 29.7 Å². The molecule has 1 N–H and O–H groups in total. The van der Waals surface area contributed by atoms with Crippen LogP contribution in [-0.4, -0.2) is 40.9 Å². The van der Waals surface area contributed by atoms with Gasteiger partial charge in [-0.05, 0) is 43.4 Å². The van der Waals surface area contributed by atoms with Crippen molar-refractivity contribution in [1.82, 2.24) is 4.90 Å². The molecule has 0 aliphatic carbocycles. The molecule has 0 amide bonds. The highest BCUT2D eigenvalue weighted by Crippen LogP contribution is 2.37. The largest absolute Gasteiger partial charge is 0.481 e. The number of carboxylic acids is 1. The zero-order valence-electron chi connectivity index (χ0n) is 11.6. The molecule has 108 valence electrons. The van der Waals surface area contributed by atoms with Crippen molar-refractivity contribution in [2.75, 3.05) is 19.6 Å². The Hall–Kier alpha value is -1.00. The molecule has 3 rings (SSSR count). The number of hydrogen-bond acceptors (Lipinski definition) is 3. The van der Waals surface area contributed by atoms with E-state index in [4.69, 9.17) is 5.11 Å². The number of hydrogen-bond donors (Lipinski definition) is 1. The molecule has 1 aromatic rings. The maximum atomic E-state index is 10.8. The normalized spacial score (nSPS) is 26.4. The van der Waals surface area contributed by atoms with Gasteiger partial charge < -0.3 is 10.0 Å². The molecule has 0 radical (unpaired) electrons. The van der Waals surface area contributed by atoms with E-state index in [1.54, 1.807) is 0 Å². The summed E-state index contributed by atoms with van der Waals surface area (Å²) < 4.78 is 0. The number of rotatable bonds is 4. The second kappa shape index (κ2) is 6.19. The van der Waals surface area contributed by atoms with E-state index in [1.165, 1.54) is 10.5 Å². The molecular formula is C16H21NO2S. The highest BCUT2D eigenvalue weighted by molar-refractivity contribution is 8.00. The Morgan fingerprint density at radius 2 is 2.25 bits per heavy atom. The van der Waals surface area contributed by atoms with Crippen molar-refractivity contribution in [3.05, 3.63) is 29.8 Å². The fraction of sp³-hybridized carbons (Fsp3) is 0.562. The quantitative estimate of drug-likeness (QED) is 0.926. The lowest BCUT2D eigenvalue weighted by Gasteiger charge is -2.33. The first-order valence-corrected chi connectivity index (χ1v) is 8.27. The van der Waals surface area contributed by atoms with E-state index in [0.717, 1.165) is 38.9 Å². The van der Waals surface area contributed by atoms with Gasteiger partial charge in [-0.15, -0.1) is 11.8 Å². The van der Waals surface area contributed by atoms with Crippen LogP contribution in [0.2, 0.25) is 0 Å². The summed E-state index contributed by atoms with van der Waals surface area (Å²) in [6.45, 7) is 3.18. The van der Waals surface area contributed by atoms with Crippen LogP contribution in [0.5, 0.6) is 0 Å². The summed E-state index contributed by atoms with van der Waals surface area (Å²) in [6.07, 6.45) is 3.69. The van der Waals surface area contributed by atoms with E-state index < -0.39 is 5.97 Å². The summed E-state index contributed by atoms with van der Waals surface area (Å²) in [6, 6.07) is 8.67. The molecule has 0 spiro atoms. The maximum absolute atomic E-state index is 10.8. The summed E-state index contributed by atoms with van der Waals surface area (Å²) in [5.41, 5.74) is 1.47. The van der Waals surface area contributed by atoms with Gasteiger partial charge in [0.2, 0.25) is 0 Å². The number of carboxylic acid groups (broad SMARTS) is 1. The summed E-state index contributed by atoms with van der Waals surface area (Å²) in [5, 5.41) is 9.57. The van der Waals surface area contributed by atoms with Crippen molar-refractivity contribution >= 4 is 17.7 Å². The molecule has 3 nitrogen and oxygen atoms in total. The molecule has 4 heteroatoms. The molecule has 1 saturated heterocycles. The first-order chi connectivity index (χ1) is 9.70. The Balaban J connectivity index is 1.53. The number of piperidine rings is 1. The van der Waals surface area contributed by atoms with Crippen molar-refractivity contribution in [1.29, 1.82) is 0 Å². The van der Waals surface area contributed by atoms with Crippen molar-refractivity contribution in [3.63, 3.8) is 0 Å². The number of carbonyl (C=O) groups is 1. The number of aliphatic carboxylic acids is 1. The van der Waals surface area contributed by atoms with Crippen molar-refractivity contribution in [2.24, 2.45) is 5.92 Å². The van der Waals surface area contributed by atoms with Crippen molar-refractivity contribution < 1.29 is 9.90 Å². The van der Waals surface area contributed by atoms with Crippen LogP contribution < -0.4 is 0 Å². The Kier molecular flexibility index (Phi) is 4.32. The minimum atomic E-state index is -0.653.